The van der Waals surface area contributed by atoms with E-state index >= 15 is 0 Å². The Hall–Kier alpha value is -2.34. The fourth-order valence-corrected chi connectivity index (χ4v) is 1.88. The summed E-state index contributed by atoms with van der Waals surface area (Å²) in [7, 11) is 0. The van der Waals surface area contributed by atoms with Crippen molar-refractivity contribution in [2.24, 2.45) is 0 Å². The van der Waals surface area contributed by atoms with Crippen molar-refractivity contribution in [1.82, 2.24) is 4.98 Å². The number of hydrogen-bond donors (Lipinski definition) is 1. The summed E-state index contributed by atoms with van der Waals surface area (Å²) in [5.74, 6) is 0.778. The fraction of sp³-hybridized carbons (Fsp3) is 0.200. The lowest BCUT2D eigenvalue weighted by molar-refractivity contribution is 0.867. The molecule has 3 heteroatoms. The van der Waals surface area contributed by atoms with Crippen LogP contribution in [0.4, 0.5) is 5.82 Å². The third-order valence-electron chi connectivity index (χ3n) is 2.98. The first-order valence-electron chi connectivity index (χ1n) is 5.88. The van der Waals surface area contributed by atoms with E-state index in [2.05, 4.69) is 37.0 Å². The summed E-state index contributed by atoms with van der Waals surface area (Å²) in [6.07, 6.45) is 1.63. The molecule has 1 aromatic heterocycles. The highest BCUT2D eigenvalue weighted by Crippen LogP contribution is 2.27. The van der Waals surface area contributed by atoms with E-state index in [1.165, 1.54) is 5.56 Å². The van der Waals surface area contributed by atoms with Gasteiger partial charge in [-0.25, -0.2) is 4.98 Å². The van der Waals surface area contributed by atoms with Crippen LogP contribution in [0.1, 0.15) is 30.9 Å². The molecule has 2 N–H and O–H groups in total. The summed E-state index contributed by atoms with van der Waals surface area (Å²) in [6.45, 7) is 4.31. The van der Waals surface area contributed by atoms with Gasteiger partial charge in [0.2, 0.25) is 0 Å². The summed E-state index contributed by atoms with van der Waals surface area (Å²) >= 11 is 0. The number of nitrogens with two attached hydrogens (primary N) is 1. The average molecular weight is 237 g/mol. The molecule has 1 aromatic carbocycles. The maximum atomic E-state index is 9.13. The second kappa shape index (κ2) is 4.89. The number of hydrogen-bond acceptors (Lipinski definition) is 3. The third kappa shape index (κ3) is 2.18. The van der Waals surface area contributed by atoms with Crippen molar-refractivity contribution in [2.45, 2.75) is 19.8 Å². The summed E-state index contributed by atoms with van der Waals surface area (Å²) in [5, 5.41) is 9.13. The summed E-state index contributed by atoms with van der Waals surface area (Å²) in [6, 6.07) is 12.1. The first-order chi connectivity index (χ1) is 8.63. The Bertz CT molecular complexity index is 592. The van der Waals surface area contributed by atoms with Gasteiger partial charge in [-0.15, -0.1) is 0 Å². The van der Waals surface area contributed by atoms with E-state index in [4.69, 9.17) is 11.0 Å². The van der Waals surface area contributed by atoms with Gasteiger partial charge >= 0.3 is 0 Å². The number of rotatable bonds is 2. The largest absolute Gasteiger partial charge is 0.383 e. The van der Waals surface area contributed by atoms with Gasteiger partial charge in [-0.1, -0.05) is 38.1 Å². The Morgan fingerprint density at radius 3 is 2.39 bits per heavy atom. The lowest BCUT2D eigenvalue weighted by atomic mass is 9.97. The molecule has 2 rings (SSSR count). The molecule has 0 aliphatic carbocycles. The highest BCUT2D eigenvalue weighted by molar-refractivity contribution is 5.75. The molecule has 0 aliphatic heterocycles. The van der Waals surface area contributed by atoms with Crippen LogP contribution in [0.5, 0.6) is 0 Å². The van der Waals surface area contributed by atoms with Crippen LogP contribution in [0.3, 0.4) is 0 Å². The monoisotopic (exact) mass is 237 g/mol. The van der Waals surface area contributed by atoms with Crippen LogP contribution in [-0.2, 0) is 0 Å². The molecule has 1 heterocycles. The zero-order valence-electron chi connectivity index (χ0n) is 10.5. The van der Waals surface area contributed by atoms with E-state index in [0.717, 1.165) is 11.1 Å². The first kappa shape index (κ1) is 12.1. The zero-order valence-corrected chi connectivity index (χ0v) is 10.5. The number of nitrogen functional groups attached to an aromatic ring is 1. The quantitative estimate of drug-likeness (QED) is 0.871. The SMILES string of the molecule is CC(C)c1ccc(-c2ccnc(N)c2C#N)cc1. The van der Waals surface area contributed by atoms with E-state index in [0.29, 0.717) is 11.5 Å². The highest BCUT2D eigenvalue weighted by Gasteiger charge is 2.09. The Labute approximate surface area is 107 Å². The number of nitriles is 1. The molecule has 2 aromatic rings. The molecule has 0 saturated carbocycles. The van der Waals surface area contributed by atoms with Crippen molar-refractivity contribution in [3.63, 3.8) is 0 Å². The molecular formula is C15H15N3. The molecule has 0 aliphatic rings. The standard InChI is InChI=1S/C15H15N3/c1-10(2)11-3-5-12(6-4-11)13-7-8-18-15(17)14(13)9-16/h3-8,10H,1-2H3,(H2,17,18). The van der Waals surface area contributed by atoms with Crippen LogP contribution >= 0.6 is 0 Å². The van der Waals surface area contributed by atoms with Crippen LogP contribution in [0.15, 0.2) is 36.5 Å². The van der Waals surface area contributed by atoms with E-state index in [9.17, 15) is 0 Å². The molecule has 0 fully saturated rings. The van der Waals surface area contributed by atoms with Gasteiger partial charge in [-0.2, -0.15) is 5.26 Å². The summed E-state index contributed by atoms with van der Waals surface area (Å²) in [4.78, 5) is 3.94. The minimum Gasteiger partial charge on any atom is -0.383 e. The molecular weight excluding hydrogens is 222 g/mol. The van der Waals surface area contributed by atoms with Crippen LogP contribution < -0.4 is 5.73 Å². The predicted octanol–water partition coefficient (Wildman–Crippen LogP) is 3.33. The van der Waals surface area contributed by atoms with Crippen LogP contribution in [0, 0.1) is 11.3 Å². The maximum absolute atomic E-state index is 9.13. The van der Waals surface area contributed by atoms with Crippen LogP contribution in [-0.4, -0.2) is 4.98 Å². The van der Waals surface area contributed by atoms with Gasteiger partial charge in [-0.3, -0.25) is 0 Å². The highest BCUT2D eigenvalue weighted by atomic mass is 14.8. The first-order valence-corrected chi connectivity index (χ1v) is 5.88. The maximum Gasteiger partial charge on any atom is 0.141 e. The van der Waals surface area contributed by atoms with Crippen molar-refractivity contribution >= 4 is 5.82 Å². The predicted molar refractivity (Wildman–Crippen MR) is 72.9 cm³/mol. The van der Waals surface area contributed by atoms with Gasteiger partial charge in [0.05, 0.1) is 0 Å². The minimum atomic E-state index is 0.280. The molecule has 0 atom stereocenters. The van der Waals surface area contributed by atoms with Crippen molar-refractivity contribution < 1.29 is 0 Å². The van der Waals surface area contributed by atoms with E-state index in [1.54, 1.807) is 6.20 Å². The van der Waals surface area contributed by atoms with Crippen LogP contribution in [0.25, 0.3) is 11.1 Å². The second-order valence-electron chi connectivity index (χ2n) is 4.51. The molecule has 18 heavy (non-hydrogen) atoms. The van der Waals surface area contributed by atoms with Gasteiger partial charge in [0.15, 0.2) is 0 Å². The Kier molecular flexibility index (Phi) is 3.29. The molecule has 0 spiro atoms. The number of nitrogens with zero attached hydrogens (tertiary/aromatic N) is 2. The molecule has 0 bridgehead atoms. The number of aromatic nitrogens is 1. The summed E-state index contributed by atoms with van der Waals surface area (Å²) in [5.41, 5.74) is 9.25. The molecule has 0 saturated heterocycles. The lowest BCUT2D eigenvalue weighted by Gasteiger charge is -2.09. The number of benzene rings is 1. The van der Waals surface area contributed by atoms with Crippen molar-refractivity contribution in [3.05, 3.63) is 47.7 Å². The Balaban J connectivity index is 2.50. The van der Waals surface area contributed by atoms with Crippen molar-refractivity contribution in [1.29, 1.82) is 5.26 Å². The molecule has 3 nitrogen and oxygen atoms in total. The van der Waals surface area contributed by atoms with Gasteiger partial charge in [0.25, 0.3) is 0 Å². The molecule has 90 valence electrons. The van der Waals surface area contributed by atoms with E-state index < -0.39 is 0 Å². The fourth-order valence-electron chi connectivity index (χ4n) is 1.88. The minimum absolute atomic E-state index is 0.280. The van der Waals surface area contributed by atoms with Crippen LogP contribution in [0.2, 0.25) is 0 Å². The van der Waals surface area contributed by atoms with Gasteiger partial charge in [0.1, 0.15) is 17.5 Å². The number of pyridine rings is 1. The zero-order chi connectivity index (χ0) is 13.1. The normalized spacial score (nSPS) is 10.3. The summed E-state index contributed by atoms with van der Waals surface area (Å²) < 4.78 is 0. The molecule has 0 unspecified atom stereocenters. The topological polar surface area (TPSA) is 62.7 Å². The molecule has 0 radical (unpaired) electrons. The second-order valence-corrected chi connectivity index (χ2v) is 4.51. The number of anilines is 1. The van der Waals surface area contributed by atoms with Crippen molar-refractivity contribution in [3.8, 4) is 17.2 Å². The average Bonchev–Trinajstić information content (AvgIpc) is 2.38. The lowest BCUT2D eigenvalue weighted by Crippen LogP contribution is -1.96. The van der Waals surface area contributed by atoms with Gasteiger partial charge in [-0.05, 0) is 23.1 Å². The van der Waals surface area contributed by atoms with Gasteiger partial charge < -0.3 is 5.73 Å². The van der Waals surface area contributed by atoms with Gasteiger partial charge in [0, 0.05) is 11.8 Å². The molecule has 0 amide bonds. The van der Waals surface area contributed by atoms with E-state index in [1.807, 2.05) is 18.2 Å². The Morgan fingerprint density at radius 1 is 1.17 bits per heavy atom. The smallest absolute Gasteiger partial charge is 0.141 e. The Morgan fingerprint density at radius 2 is 1.83 bits per heavy atom. The van der Waals surface area contributed by atoms with Crippen molar-refractivity contribution in [2.75, 3.05) is 5.73 Å². The third-order valence-corrected chi connectivity index (χ3v) is 2.98. The van der Waals surface area contributed by atoms with E-state index in [-0.39, 0.29) is 5.82 Å².